The molecule has 0 bridgehead atoms. The van der Waals surface area contributed by atoms with Crippen molar-refractivity contribution in [2.75, 3.05) is 38.2 Å². The van der Waals surface area contributed by atoms with Crippen LogP contribution in [0.1, 0.15) is 21.7 Å². The molecule has 1 fully saturated rings. The van der Waals surface area contributed by atoms with Crippen LogP contribution in [0.5, 0.6) is 5.75 Å². The predicted molar refractivity (Wildman–Crippen MR) is 117 cm³/mol. The van der Waals surface area contributed by atoms with E-state index < -0.39 is 11.7 Å². The maximum absolute atomic E-state index is 13.4. The number of methoxy groups -OCH3 is 1. The monoisotopic (exact) mass is 479 g/mol. The second kappa shape index (κ2) is 8.93. The number of aromatic nitrogens is 3. The van der Waals surface area contributed by atoms with Crippen LogP contribution in [0.2, 0.25) is 5.02 Å². The Balaban J connectivity index is 1.52. The molecule has 0 radical (unpaired) electrons. The molecule has 0 spiro atoms. The summed E-state index contributed by atoms with van der Waals surface area (Å²) in [7, 11) is 1.54. The van der Waals surface area contributed by atoms with E-state index in [2.05, 4.69) is 10.3 Å². The lowest BCUT2D eigenvalue weighted by Gasteiger charge is -2.36. The van der Waals surface area contributed by atoms with Gasteiger partial charge in [-0.1, -0.05) is 28.9 Å². The second-order valence-corrected chi connectivity index (χ2v) is 7.96. The lowest BCUT2D eigenvalue weighted by molar-refractivity contribution is -0.137. The Labute approximate surface area is 193 Å². The highest BCUT2D eigenvalue weighted by Gasteiger charge is 2.32. The normalized spacial score (nSPS) is 14.5. The molecule has 0 N–H and O–H groups in total. The highest BCUT2D eigenvalue weighted by molar-refractivity contribution is 6.33. The van der Waals surface area contributed by atoms with Crippen LogP contribution in [-0.4, -0.2) is 59.1 Å². The molecule has 3 aromatic rings. The van der Waals surface area contributed by atoms with Gasteiger partial charge in [0.2, 0.25) is 0 Å². The van der Waals surface area contributed by atoms with Crippen molar-refractivity contribution in [3.05, 3.63) is 64.4 Å². The average Bonchev–Trinajstić information content (AvgIpc) is 3.19. The van der Waals surface area contributed by atoms with Gasteiger partial charge in [-0.15, -0.1) is 5.10 Å². The number of halogens is 4. The number of alkyl halides is 3. The molecule has 11 heteroatoms. The maximum Gasteiger partial charge on any atom is 0.416 e. The van der Waals surface area contributed by atoms with Gasteiger partial charge in [0, 0.05) is 26.2 Å². The molecule has 2 heterocycles. The molecule has 7 nitrogen and oxygen atoms in total. The van der Waals surface area contributed by atoms with Gasteiger partial charge in [0.25, 0.3) is 5.91 Å². The molecule has 4 rings (SSSR count). The van der Waals surface area contributed by atoms with Crippen LogP contribution >= 0.6 is 11.6 Å². The van der Waals surface area contributed by atoms with E-state index in [-0.39, 0.29) is 10.9 Å². The number of piperazine rings is 1. The van der Waals surface area contributed by atoms with Crippen molar-refractivity contribution >= 4 is 23.2 Å². The predicted octanol–water partition coefficient (Wildman–Crippen LogP) is 4.22. The van der Waals surface area contributed by atoms with E-state index in [9.17, 15) is 18.0 Å². The van der Waals surface area contributed by atoms with Crippen LogP contribution in [0, 0.1) is 6.92 Å². The number of benzene rings is 2. The number of nitrogens with zero attached hydrogens (tertiary/aromatic N) is 5. The van der Waals surface area contributed by atoms with Gasteiger partial charge in [-0.05, 0) is 37.3 Å². The summed E-state index contributed by atoms with van der Waals surface area (Å²) in [4.78, 5) is 16.9. The summed E-state index contributed by atoms with van der Waals surface area (Å²) in [6.45, 7) is 3.29. The van der Waals surface area contributed by atoms with Crippen molar-refractivity contribution in [1.82, 2.24) is 19.9 Å². The van der Waals surface area contributed by atoms with Gasteiger partial charge in [-0.25, -0.2) is 4.68 Å². The van der Waals surface area contributed by atoms with Gasteiger partial charge in [-0.2, -0.15) is 13.2 Å². The third kappa shape index (κ3) is 4.47. The fourth-order valence-electron chi connectivity index (χ4n) is 3.82. The fraction of sp³-hybridized carbons (Fsp3) is 0.318. The number of carbonyl (C=O) groups excluding carboxylic acids is 1. The van der Waals surface area contributed by atoms with Crippen molar-refractivity contribution < 1.29 is 22.7 Å². The number of ether oxygens (including phenoxy) is 1. The van der Waals surface area contributed by atoms with Crippen LogP contribution in [0.15, 0.2) is 42.5 Å². The largest absolute Gasteiger partial charge is 0.494 e. The lowest BCUT2D eigenvalue weighted by atomic mass is 10.1. The molecule has 1 amide bonds. The molecule has 174 valence electrons. The summed E-state index contributed by atoms with van der Waals surface area (Å²) in [5, 5.41) is 8.24. The molecule has 1 saturated heterocycles. The number of rotatable bonds is 4. The zero-order valence-corrected chi connectivity index (χ0v) is 18.7. The van der Waals surface area contributed by atoms with Crippen molar-refractivity contribution in [1.29, 1.82) is 0 Å². The molecule has 2 aromatic carbocycles. The van der Waals surface area contributed by atoms with Crippen LogP contribution < -0.4 is 9.64 Å². The van der Waals surface area contributed by atoms with E-state index in [1.165, 1.54) is 17.9 Å². The van der Waals surface area contributed by atoms with Gasteiger partial charge in [0.1, 0.15) is 11.4 Å². The van der Waals surface area contributed by atoms with Gasteiger partial charge < -0.3 is 14.5 Å². The van der Waals surface area contributed by atoms with E-state index >= 15 is 0 Å². The first-order chi connectivity index (χ1) is 15.7. The number of anilines is 1. The Bertz CT molecular complexity index is 1170. The van der Waals surface area contributed by atoms with E-state index in [4.69, 9.17) is 16.3 Å². The number of carbonyl (C=O) groups is 1. The Hall–Kier alpha value is -3.27. The summed E-state index contributed by atoms with van der Waals surface area (Å²) in [6.07, 6.45) is -4.45. The number of aryl methyl sites for hydroxylation is 1. The number of para-hydroxylation sites is 2. The minimum atomic E-state index is -4.45. The van der Waals surface area contributed by atoms with E-state index in [1.54, 1.807) is 24.0 Å². The van der Waals surface area contributed by atoms with Gasteiger partial charge in [-0.3, -0.25) is 4.79 Å². The average molecular weight is 480 g/mol. The molecule has 0 atom stereocenters. The SMILES string of the molecule is COc1ccccc1-n1nnc(C)c1C(=O)N1CCN(c2ccc(C(F)(F)F)cc2Cl)CC1. The van der Waals surface area contributed by atoms with Crippen LogP contribution in [-0.2, 0) is 6.18 Å². The zero-order valence-electron chi connectivity index (χ0n) is 17.9. The van der Waals surface area contributed by atoms with E-state index in [0.717, 1.165) is 12.1 Å². The summed E-state index contributed by atoms with van der Waals surface area (Å²) >= 11 is 6.13. The minimum Gasteiger partial charge on any atom is -0.494 e. The minimum absolute atomic E-state index is 0.0268. The summed E-state index contributed by atoms with van der Waals surface area (Å²) in [5.41, 5.74) is 1.13. The molecule has 33 heavy (non-hydrogen) atoms. The summed E-state index contributed by atoms with van der Waals surface area (Å²) in [5.74, 6) is 0.319. The smallest absolute Gasteiger partial charge is 0.416 e. The summed E-state index contributed by atoms with van der Waals surface area (Å²) in [6, 6.07) is 10.5. The molecular weight excluding hydrogens is 459 g/mol. The first-order valence-corrected chi connectivity index (χ1v) is 10.5. The molecule has 0 aliphatic carbocycles. The Morgan fingerprint density at radius 3 is 2.39 bits per heavy atom. The van der Waals surface area contributed by atoms with Crippen molar-refractivity contribution in [2.45, 2.75) is 13.1 Å². The van der Waals surface area contributed by atoms with Crippen molar-refractivity contribution in [2.24, 2.45) is 0 Å². The highest BCUT2D eigenvalue weighted by Crippen LogP contribution is 2.35. The second-order valence-electron chi connectivity index (χ2n) is 7.55. The van der Waals surface area contributed by atoms with Gasteiger partial charge >= 0.3 is 6.18 Å². The molecule has 1 aliphatic rings. The van der Waals surface area contributed by atoms with Gasteiger partial charge in [0.05, 0.1) is 29.1 Å². The first kappa shape index (κ1) is 22.9. The van der Waals surface area contributed by atoms with E-state index in [0.29, 0.717) is 54.7 Å². The molecule has 1 aliphatic heterocycles. The third-order valence-electron chi connectivity index (χ3n) is 5.54. The first-order valence-electron chi connectivity index (χ1n) is 10.2. The number of hydrogen-bond donors (Lipinski definition) is 0. The van der Waals surface area contributed by atoms with Crippen LogP contribution in [0.3, 0.4) is 0 Å². The number of amides is 1. The Morgan fingerprint density at radius 2 is 1.76 bits per heavy atom. The quantitative estimate of drug-likeness (QED) is 0.560. The Kier molecular flexibility index (Phi) is 6.20. The van der Waals surface area contributed by atoms with Gasteiger partial charge in [0.15, 0.2) is 5.69 Å². The summed E-state index contributed by atoms with van der Waals surface area (Å²) < 4.78 is 45.6. The molecule has 0 unspecified atom stereocenters. The topological polar surface area (TPSA) is 63.5 Å². The zero-order chi connectivity index (χ0) is 23.8. The standard InChI is InChI=1S/C22H21ClF3N5O2/c1-14-20(31(28-27-14)18-5-3-4-6-19(18)33-2)21(32)30-11-9-29(10-12-30)17-8-7-15(13-16(17)23)22(24,25)26/h3-8,13H,9-12H2,1-2H3. The van der Waals surface area contributed by atoms with Crippen LogP contribution in [0.4, 0.5) is 18.9 Å². The molecule has 1 aromatic heterocycles. The molecular formula is C22H21ClF3N5O2. The van der Waals surface area contributed by atoms with Crippen molar-refractivity contribution in [3.8, 4) is 11.4 Å². The van der Waals surface area contributed by atoms with Crippen LogP contribution in [0.25, 0.3) is 5.69 Å². The highest BCUT2D eigenvalue weighted by atomic mass is 35.5. The maximum atomic E-state index is 13.4. The number of hydrogen-bond acceptors (Lipinski definition) is 5. The Morgan fingerprint density at radius 1 is 1.06 bits per heavy atom. The van der Waals surface area contributed by atoms with Crippen molar-refractivity contribution in [3.63, 3.8) is 0 Å². The third-order valence-corrected chi connectivity index (χ3v) is 5.84. The van der Waals surface area contributed by atoms with E-state index in [1.807, 2.05) is 17.0 Å². The lowest BCUT2D eigenvalue weighted by Crippen LogP contribution is -2.49. The molecule has 0 saturated carbocycles. The fourth-order valence-corrected chi connectivity index (χ4v) is 4.12.